The minimum Gasteiger partial charge on any atom is -0.545 e. The van der Waals surface area contributed by atoms with Gasteiger partial charge in [-0.15, -0.1) is 11.8 Å². The molecule has 134 valence electrons. The van der Waals surface area contributed by atoms with E-state index in [0.717, 1.165) is 27.3 Å². The number of benzene rings is 2. The number of hydrogen-bond donors (Lipinski definition) is 0. The van der Waals surface area contributed by atoms with Gasteiger partial charge in [0.05, 0.1) is 11.0 Å². The summed E-state index contributed by atoms with van der Waals surface area (Å²) in [6.07, 6.45) is 3.87. The van der Waals surface area contributed by atoms with Crippen LogP contribution in [-0.2, 0) is 6.61 Å². The average molecular weight is 374 g/mol. The molecule has 0 saturated carbocycles. The molecule has 1 aliphatic rings. The minimum absolute atomic E-state index is 0.139. The summed E-state index contributed by atoms with van der Waals surface area (Å²) < 4.78 is 5.93. The maximum atomic E-state index is 11.3. The normalized spacial score (nSPS) is 14.0. The molecule has 4 rings (SSSR count). The van der Waals surface area contributed by atoms with Crippen LogP contribution in [0.15, 0.2) is 78.0 Å². The number of nitrogens with zero attached hydrogens (tertiary/aromatic N) is 1. The quantitative estimate of drug-likeness (QED) is 0.654. The maximum absolute atomic E-state index is 11.3. The highest BCUT2D eigenvalue weighted by molar-refractivity contribution is 7.99. The first-order valence-electron chi connectivity index (χ1n) is 8.53. The molecule has 1 aliphatic heterocycles. The Balaban J connectivity index is 1.77. The first kappa shape index (κ1) is 17.4. The van der Waals surface area contributed by atoms with E-state index < -0.39 is 5.97 Å². The summed E-state index contributed by atoms with van der Waals surface area (Å²) in [5.74, 6) is 0.179. The molecule has 0 spiro atoms. The van der Waals surface area contributed by atoms with Gasteiger partial charge in [0.25, 0.3) is 0 Å². The Labute approximate surface area is 161 Å². The second-order valence-corrected chi connectivity index (χ2v) is 7.08. The molecule has 0 unspecified atom stereocenters. The molecule has 5 heteroatoms. The van der Waals surface area contributed by atoms with Crippen LogP contribution in [0.1, 0.15) is 27.0 Å². The summed E-state index contributed by atoms with van der Waals surface area (Å²) in [5, 5.41) is 12.3. The smallest absolute Gasteiger partial charge is 0.127 e. The van der Waals surface area contributed by atoms with Gasteiger partial charge in [-0.25, -0.2) is 4.98 Å². The number of pyridine rings is 1. The van der Waals surface area contributed by atoms with Crippen molar-refractivity contribution < 1.29 is 14.6 Å². The Hall–Kier alpha value is -3.05. The number of aromatic nitrogens is 1. The van der Waals surface area contributed by atoms with Crippen molar-refractivity contribution in [1.29, 1.82) is 0 Å². The van der Waals surface area contributed by atoms with E-state index in [1.807, 2.05) is 42.5 Å². The van der Waals surface area contributed by atoms with E-state index in [-0.39, 0.29) is 5.56 Å². The van der Waals surface area contributed by atoms with E-state index in [4.69, 9.17) is 4.74 Å². The summed E-state index contributed by atoms with van der Waals surface area (Å²) in [7, 11) is 0. The zero-order valence-corrected chi connectivity index (χ0v) is 15.2. The third-order valence-electron chi connectivity index (χ3n) is 4.35. The van der Waals surface area contributed by atoms with Crippen LogP contribution in [0, 0.1) is 0 Å². The number of thioether (sulfide) groups is 1. The van der Waals surface area contributed by atoms with E-state index in [0.29, 0.717) is 18.1 Å². The number of aromatic carboxylic acids is 1. The maximum Gasteiger partial charge on any atom is 0.127 e. The van der Waals surface area contributed by atoms with E-state index in [9.17, 15) is 9.90 Å². The van der Waals surface area contributed by atoms with Crippen molar-refractivity contribution in [3.8, 4) is 5.75 Å². The molecule has 0 N–H and O–H groups in total. The number of carbonyl (C=O) groups excluding carboxylic acids is 1. The van der Waals surface area contributed by atoms with Gasteiger partial charge in [0.15, 0.2) is 0 Å². The molecule has 1 aromatic heterocycles. The standard InChI is InChI=1S/C22H17NO3S/c24-22(25)15-8-9-20-19(13-15)18(10-12-27-21-7-3-4-11-23-21)17-6-2-1-5-16(17)14-26-20/h1-11,13H,12,14H2,(H,24,25)/p-1/b18-10+. The fraction of sp³-hybridized carbons (Fsp3) is 0.0909. The van der Waals surface area contributed by atoms with Crippen LogP contribution in [0.25, 0.3) is 5.57 Å². The van der Waals surface area contributed by atoms with Crippen molar-refractivity contribution in [2.45, 2.75) is 11.6 Å². The molecule has 2 heterocycles. The predicted octanol–water partition coefficient (Wildman–Crippen LogP) is 3.56. The minimum atomic E-state index is -1.20. The Morgan fingerprint density at radius 2 is 1.96 bits per heavy atom. The monoisotopic (exact) mass is 374 g/mol. The first-order chi connectivity index (χ1) is 13.2. The van der Waals surface area contributed by atoms with Gasteiger partial charge in [0, 0.05) is 17.5 Å². The topological polar surface area (TPSA) is 62.2 Å². The highest BCUT2D eigenvalue weighted by Gasteiger charge is 2.19. The molecule has 0 radical (unpaired) electrons. The lowest BCUT2D eigenvalue weighted by molar-refractivity contribution is -0.255. The van der Waals surface area contributed by atoms with Crippen molar-refractivity contribution in [3.05, 3.63) is 95.2 Å². The van der Waals surface area contributed by atoms with E-state index in [2.05, 4.69) is 11.1 Å². The average Bonchev–Trinajstić information content (AvgIpc) is 2.86. The lowest BCUT2D eigenvalue weighted by Gasteiger charge is -2.13. The summed E-state index contributed by atoms with van der Waals surface area (Å²) >= 11 is 1.62. The van der Waals surface area contributed by atoms with Crippen LogP contribution in [0.2, 0.25) is 0 Å². The van der Waals surface area contributed by atoms with Crippen LogP contribution >= 0.6 is 11.8 Å². The largest absolute Gasteiger partial charge is 0.545 e. The van der Waals surface area contributed by atoms with Crippen LogP contribution in [-0.4, -0.2) is 16.7 Å². The number of hydrogen-bond acceptors (Lipinski definition) is 5. The molecule has 0 aliphatic carbocycles. The third-order valence-corrected chi connectivity index (χ3v) is 5.22. The Morgan fingerprint density at radius 1 is 1.11 bits per heavy atom. The van der Waals surface area contributed by atoms with Gasteiger partial charge in [-0.3, -0.25) is 0 Å². The molecule has 0 amide bonds. The molecule has 0 saturated heterocycles. The summed E-state index contributed by atoms with van der Waals surface area (Å²) in [5.41, 5.74) is 3.99. The number of fused-ring (bicyclic) bond motifs is 2. The van der Waals surface area contributed by atoms with E-state index >= 15 is 0 Å². The van der Waals surface area contributed by atoms with Crippen molar-refractivity contribution in [2.24, 2.45) is 0 Å². The molecule has 4 nitrogen and oxygen atoms in total. The van der Waals surface area contributed by atoms with Gasteiger partial charge < -0.3 is 14.6 Å². The highest BCUT2D eigenvalue weighted by atomic mass is 32.2. The van der Waals surface area contributed by atoms with Crippen LogP contribution in [0.5, 0.6) is 5.75 Å². The van der Waals surface area contributed by atoms with Crippen molar-refractivity contribution in [1.82, 2.24) is 4.98 Å². The van der Waals surface area contributed by atoms with Gasteiger partial charge in [0.1, 0.15) is 12.4 Å². The first-order valence-corrected chi connectivity index (χ1v) is 9.52. The molecule has 2 aromatic carbocycles. The molecule has 0 bridgehead atoms. The van der Waals surface area contributed by atoms with Crippen LogP contribution < -0.4 is 9.84 Å². The number of carboxylic acid groups (broad SMARTS) is 1. The van der Waals surface area contributed by atoms with Crippen molar-refractivity contribution in [2.75, 3.05) is 5.75 Å². The lowest BCUT2D eigenvalue weighted by atomic mass is 9.93. The zero-order chi connectivity index (χ0) is 18.6. The van der Waals surface area contributed by atoms with Crippen LogP contribution in [0.3, 0.4) is 0 Å². The van der Waals surface area contributed by atoms with Gasteiger partial charge in [-0.2, -0.15) is 0 Å². The second-order valence-electron chi connectivity index (χ2n) is 6.04. The molecular formula is C22H16NO3S-. The predicted molar refractivity (Wildman–Crippen MR) is 104 cm³/mol. The number of rotatable bonds is 4. The van der Waals surface area contributed by atoms with Gasteiger partial charge in [-0.05, 0) is 52.6 Å². The lowest BCUT2D eigenvalue weighted by Crippen LogP contribution is -2.22. The van der Waals surface area contributed by atoms with Crippen molar-refractivity contribution >= 4 is 23.3 Å². The number of carbonyl (C=O) groups is 1. The van der Waals surface area contributed by atoms with Gasteiger partial charge in [-0.1, -0.05) is 36.4 Å². The Morgan fingerprint density at radius 3 is 2.78 bits per heavy atom. The van der Waals surface area contributed by atoms with Gasteiger partial charge >= 0.3 is 0 Å². The second kappa shape index (κ2) is 7.68. The summed E-state index contributed by atoms with van der Waals surface area (Å²) in [4.78, 5) is 15.7. The number of ether oxygens (including phenoxy) is 1. The number of carboxylic acids is 1. The molecular weight excluding hydrogens is 358 g/mol. The fourth-order valence-electron chi connectivity index (χ4n) is 3.07. The zero-order valence-electron chi connectivity index (χ0n) is 14.4. The highest BCUT2D eigenvalue weighted by Crippen LogP contribution is 2.37. The molecule has 3 aromatic rings. The van der Waals surface area contributed by atoms with E-state index in [1.165, 1.54) is 6.07 Å². The van der Waals surface area contributed by atoms with Crippen LogP contribution in [0.4, 0.5) is 0 Å². The molecule has 0 atom stereocenters. The summed E-state index contributed by atoms with van der Waals surface area (Å²) in [6.45, 7) is 0.443. The molecule has 0 fully saturated rings. The SMILES string of the molecule is O=C([O-])c1ccc2c(c1)/C(=C/CSc1ccccn1)c1ccccc1CO2. The molecule has 27 heavy (non-hydrogen) atoms. The third kappa shape index (κ3) is 3.73. The van der Waals surface area contributed by atoms with E-state index in [1.54, 1.807) is 30.1 Å². The summed E-state index contributed by atoms with van der Waals surface area (Å²) in [6, 6.07) is 18.7. The van der Waals surface area contributed by atoms with Crippen molar-refractivity contribution in [3.63, 3.8) is 0 Å². The van der Waals surface area contributed by atoms with Gasteiger partial charge in [0.2, 0.25) is 0 Å². The Bertz CT molecular complexity index is 1020. The Kier molecular flexibility index (Phi) is 4.94. The fourth-order valence-corrected chi connectivity index (χ4v) is 3.80.